The van der Waals surface area contributed by atoms with Gasteiger partial charge in [-0.3, -0.25) is 4.79 Å². The van der Waals surface area contributed by atoms with Gasteiger partial charge in [0.15, 0.2) is 16.8 Å². The molecule has 3 aromatic rings. The lowest BCUT2D eigenvalue weighted by Gasteiger charge is -2.30. The second-order valence-electron chi connectivity index (χ2n) is 6.92. The molecule has 2 aromatic heterocycles. The number of thiazole rings is 1. The highest BCUT2D eigenvalue weighted by atomic mass is 35.5. The van der Waals surface area contributed by atoms with E-state index in [9.17, 15) is 22.0 Å². The van der Waals surface area contributed by atoms with Gasteiger partial charge in [-0.05, 0) is 43.2 Å². The molecule has 1 amide bonds. The predicted molar refractivity (Wildman–Crippen MR) is 117 cm³/mol. The van der Waals surface area contributed by atoms with Crippen LogP contribution in [0.15, 0.2) is 39.9 Å². The summed E-state index contributed by atoms with van der Waals surface area (Å²) < 4.78 is 54.0. The van der Waals surface area contributed by atoms with Crippen LogP contribution in [0.3, 0.4) is 0 Å². The molecule has 31 heavy (non-hydrogen) atoms. The Morgan fingerprint density at radius 1 is 1.23 bits per heavy atom. The first-order valence-electron chi connectivity index (χ1n) is 9.21. The molecular formula is C19H16ClF2N3O3S3. The fraction of sp³-hybridized carbons (Fsp3) is 0.263. The lowest BCUT2D eigenvalue weighted by Crippen LogP contribution is -2.43. The zero-order valence-corrected chi connectivity index (χ0v) is 19.1. The van der Waals surface area contributed by atoms with Crippen LogP contribution >= 0.6 is 34.3 Å². The molecule has 0 aliphatic carbocycles. The van der Waals surface area contributed by atoms with Gasteiger partial charge in [-0.25, -0.2) is 22.2 Å². The fourth-order valence-electron chi connectivity index (χ4n) is 3.26. The molecule has 1 unspecified atom stereocenters. The van der Waals surface area contributed by atoms with Crippen molar-refractivity contribution in [1.29, 1.82) is 0 Å². The molecule has 1 aliphatic rings. The molecule has 12 heteroatoms. The molecule has 6 nitrogen and oxygen atoms in total. The number of thiophene rings is 1. The van der Waals surface area contributed by atoms with E-state index in [1.165, 1.54) is 22.5 Å². The summed E-state index contributed by atoms with van der Waals surface area (Å²) in [6.07, 6.45) is 1.10. The van der Waals surface area contributed by atoms with Gasteiger partial charge in [0.1, 0.15) is 4.21 Å². The first-order chi connectivity index (χ1) is 14.7. The van der Waals surface area contributed by atoms with E-state index in [2.05, 4.69) is 10.3 Å². The monoisotopic (exact) mass is 503 g/mol. The minimum atomic E-state index is -3.71. The van der Waals surface area contributed by atoms with Crippen LogP contribution in [0.5, 0.6) is 0 Å². The van der Waals surface area contributed by atoms with Crippen molar-refractivity contribution < 1.29 is 22.0 Å². The number of nitrogens with zero attached hydrogens (tertiary/aromatic N) is 2. The summed E-state index contributed by atoms with van der Waals surface area (Å²) in [7, 11) is -3.71. The molecule has 0 radical (unpaired) electrons. The zero-order valence-electron chi connectivity index (χ0n) is 15.8. The highest BCUT2D eigenvalue weighted by Crippen LogP contribution is 2.31. The first kappa shape index (κ1) is 22.3. The summed E-state index contributed by atoms with van der Waals surface area (Å²) in [4.78, 5) is 17.0. The van der Waals surface area contributed by atoms with Crippen molar-refractivity contribution in [2.75, 3.05) is 18.4 Å². The number of rotatable bonds is 5. The lowest BCUT2D eigenvalue weighted by molar-refractivity contribution is -0.120. The fourth-order valence-corrected chi connectivity index (χ4v) is 7.15. The van der Waals surface area contributed by atoms with Gasteiger partial charge in [0.2, 0.25) is 5.91 Å². The molecular weight excluding hydrogens is 488 g/mol. The second-order valence-corrected chi connectivity index (χ2v) is 11.7. The van der Waals surface area contributed by atoms with Gasteiger partial charge in [-0.2, -0.15) is 4.31 Å². The number of aromatic nitrogens is 1. The predicted octanol–water partition coefficient (Wildman–Crippen LogP) is 4.84. The van der Waals surface area contributed by atoms with Gasteiger partial charge in [-0.15, -0.1) is 22.7 Å². The molecule has 0 spiro atoms. The number of hydrogen-bond donors (Lipinski definition) is 1. The average Bonchev–Trinajstić information content (AvgIpc) is 3.39. The molecule has 0 bridgehead atoms. The van der Waals surface area contributed by atoms with Crippen molar-refractivity contribution >= 4 is 55.3 Å². The Morgan fingerprint density at radius 2 is 2.03 bits per heavy atom. The Kier molecular flexibility index (Phi) is 6.40. The van der Waals surface area contributed by atoms with E-state index in [0.717, 1.165) is 34.8 Å². The Bertz CT molecular complexity index is 1230. The number of amides is 1. The smallest absolute Gasteiger partial charge is 0.252 e. The van der Waals surface area contributed by atoms with Crippen LogP contribution in [0.25, 0.3) is 11.3 Å². The van der Waals surface area contributed by atoms with Crippen LogP contribution in [0, 0.1) is 17.6 Å². The van der Waals surface area contributed by atoms with Gasteiger partial charge < -0.3 is 5.32 Å². The van der Waals surface area contributed by atoms with Crippen LogP contribution in [0.2, 0.25) is 4.34 Å². The van der Waals surface area contributed by atoms with Crippen molar-refractivity contribution in [1.82, 2.24) is 9.29 Å². The van der Waals surface area contributed by atoms with Crippen LogP contribution in [-0.4, -0.2) is 36.7 Å². The molecule has 3 heterocycles. The standard InChI is InChI=1S/C19H16ClF2N3O3S3/c20-16-5-6-17(30-16)31(27,28)25-7-1-2-12(9-25)18(26)24-19-23-15(10-29-19)11-3-4-13(21)14(22)8-11/h3-6,8,10,12H,1-2,7,9H2,(H,23,24,26). The maximum Gasteiger partial charge on any atom is 0.252 e. The van der Waals surface area contributed by atoms with E-state index in [4.69, 9.17) is 11.6 Å². The van der Waals surface area contributed by atoms with Crippen LogP contribution in [0.1, 0.15) is 12.8 Å². The summed E-state index contributed by atoms with van der Waals surface area (Å²) >= 11 is 7.99. The highest BCUT2D eigenvalue weighted by molar-refractivity contribution is 7.91. The summed E-state index contributed by atoms with van der Waals surface area (Å²) in [6.45, 7) is 0.393. The molecule has 1 aromatic carbocycles. The largest absolute Gasteiger partial charge is 0.302 e. The van der Waals surface area contributed by atoms with Gasteiger partial charge >= 0.3 is 0 Å². The Labute approximate surface area is 190 Å². The molecule has 164 valence electrons. The summed E-state index contributed by atoms with van der Waals surface area (Å²) in [6, 6.07) is 6.44. The lowest BCUT2D eigenvalue weighted by atomic mass is 9.99. The van der Waals surface area contributed by atoms with Gasteiger partial charge in [0, 0.05) is 24.0 Å². The van der Waals surface area contributed by atoms with Crippen LogP contribution < -0.4 is 5.32 Å². The summed E-state index contributed by atoms with van der Waals surface area (Å²) in [5, 5.41) is 4.63. The average molecular weight is 504 g/mol. The number of hydrogen-bond acceptors (Lipinski definition) is 6. The Hall–Kier alpha value is -1.92. The molecule has 0 saturated carbocycles. The molecule has 4 rings (SSSR count). The van der Waals surface area contributed by atoms with Crippen molar-refractivity contribution in [3.63, 3.8) is 0 Å². The number of anilines is 1. The molecule has 1 aliphatic heterocycles. The maximum atomic E-state index is 13.5. The maximum absolute atomic E-state index is 13.5. The van der Waals surface area contributed by atoms with E-state index in [1.807, 2.05) is 0 Å². The van der Waals surface area contributed by atoms with E-state index in [1.54, 1.807) is 5.38 Å². The van der Waals surface area contributed by atoms with Crippen molar-refractivity contribution in [2.45, 2.75) is 17.1 Å². The van der Waals surface area contributed by atoms with Gasteiger partial charge in [0.05, 0.1) is 15.9 Å². The second kappa shape index (κ2) is 8.91. The SMILES string of the molecule is O=C(Nc1nc(-c2ccc(F)c(F)c2)cs1)C1CCCN(S(=O)(=O)c2ccc(Cl)s2)C1. The quantitative estimate of drug-likeness (QED) is 0.540. The zero-order chi connectivity index (χ0) is 22.2. The highest BCUT2D eigenvalue weighted by Gasteiger charge is 2.34. The minimum absolute atomic E-state index is 0.0606. The van der Waals surface area contributed by atoms with E-state index < -0.39 is 27.6 Å². The summed E-state index contributed by atoms with van der Waals surface area (Å²) in [5.41, 5.74) is 0.793. The number of halogens is 3. The normalized spacial score (nSPS) is 17.6. The number of piperidine rings is 1. The van der Waals surface area contributed by atoms with Crippen LogP contribution in [0.4, 0.5) is 13.9 Å². The molecule has 1 atom stereocenters. The molecule has 1 saturated heterocycles. The van der Waals surface area contributed by atoms with Crippen LogP contribution in [-0.2, 0) is 14.8 Å². The third-order valence-corrected chi connectivity index (χ3v) is 9.17. The third-order valence-electron chi connectivity index (χ3n) is 4.85. The number of carbonyl (C=O) groups is 1. The topological polar surface area (TPSA) is 79.4 Å². The number of carbonyl (C=O) groups excluding carboxylic acids is 1. The van der Waals surface area contributed by atoms with Crippen molar-refractivity contribution in [3.05, 3.63) is 51.7 Å². The molecule has 1 N–H and O–H groups in total. The van der Waals surface area contributed by atoms with Crippen molar-refractivity contribution in [2.24, 2.45) is 5.92 Å². The van der Waals surface area contributed by atoms with Crippen molar-refractivity contribution in [3.8, 4) is 11.3 Å². The Balaban J connectivity index is 1.44. The Morgan fingerprint density at radius 3 is 2.74 bits per heavy atom. The third kappa shape index (κ3) is 4.80. The number of benzene rings is 1. The minimum Gasteiger partial charge on any atom is -0.302 e. The van der Waals surface area contributed by atoms with E-state index >= 15 is 0 Å². The van der Waals surface area contributed by atoms with E-state index in [0.29, 0.717) is 40.1 Å². The first-order valence-corrected chi connectivity index (χ1v) is 12.7. The van der Waals surface area contributed by atoms with Gasteiger partial charge in [0.25, 0.3) is 10.0 Å². The van der Waals surface area contributed by atoms with E-state index in [-0.39, 0.29) is 16.7 Å². The summed E-state index contributed by atoms with van der Waals surface area (Å²) in [5.74, 6) is -2.80. The number of nitrogens with one attached hydrogen (secondary N) is 1. The molecule has 1 fully saturated rings. The van der Waals surface area contributed by atoms with Gasteiger partial charge in [-0.1, -0.05) is 11.6 Å². The number of sulfonamides is 1.